The van der Waals surface area contributed by atoms with Crippen molar-refractivity contribution in [3.63, 3.8) is 0 Å². The maximum absolute atomic E-state index is 13.2. The molecule has 164 valence electrons. The molecule has 0 spiro atoms. The van der Waals surface area contributed by atoms with E-state index in [0.29, 0.717) is 24.8 Å². The molecule has 2 amide bonds. The van der Waals surface area contributed by atoms with Crippen molar-refractivity contribution in [1.29, 1.82) is 0 Å². The maximum Gasteiger partial charge on any atom is 0.278 e. The van der Waals surface area contributed by atoms with E-state index in [0.717, 1.165) is 18.5 Å². The van der Waals surface area contributed by atoms with E-state index in [2.05, 4.69) is 40.9 Å². The molecule has 11 nitrogen and oxygen atoms in total. The largest absolute Gasteiger partial charge is 0.383 e. The van der Waals surface area contributed by atoms with E-state index in [1.54, 1.807) is 37.8 Å². The fourth-order valence-corrected chi connectivity index (χ4v) is 2.95. The molecule has 0 radical (unpaired) electrons. The first kappa shape index (κ1) is 21.2. The first-order chi connectivity index (χ1) is 15.7. The number of rotatable bonds is 9. The smallest absolute Gasteiger partial charge is 0.278 e. The van der Waals surface area contributed by atoms with Gasteiger partial charge in [-0.05, 0) is 25.0 Å². The second kappa shape index (κ2) is 9.88. The van der Waals surface area contributed by atoms with Crippen LogP contribution in [0.3, 0.4) is 0 Å². The van der Waals surface area contributed by atoms with E-state index in [1.165, 1.54) is 12.5 Å². The van der Waals surface area contributed by atoms with Gasteiger partial charge in [0.2, 0.25) is 0 Å². The van der Waals surface area contributed by atoms with Crippen LogP contribution < -0.4 is 16.0 Å². The summed E-state index contributed by atoms with van der Waals surface area (Å²) in [5, 5.41) is 8.47. The third-order valence-corrected chi connectivity index (χ3v) is 4.69. The highest BCUT2D eigenvalue weighted by Gasteiger charge is 2.28. The molecule has 3 N–H and O–H groups in total. The fourth-order valence-electron chi connectivity index (χ4n) is 2.95. The molecule has 1 aliphatic rings. The minimum absolute atomic E-state index is 0.0919. The maximum atomic E-state index is 13.2. The molecule has 1 fully saturated rings. The zero-order valence-corrected chi connectivity index (χ0v) is 17.4. The molecule has 3 heterocycles. The summed E-state index contributed by atoms with van der Waals surface area (Å²) in [4.78, 5) is 46.7. The number of nitrogens with one attached hydrogen (secondary N) is 3. The van der Waals surface area contributed by atoms with Crippen molar-refractivity contribution in [2.45, 2.75) is 18.8 Å². The topological polar surface area (TPSA) is 144 Å². The number of carbonyl (C=O) groups is 2. The molecule has 0 atom stereocenters. The lowest BCUT2D eigenvalue weighted by atomic mass is 10.2. The van der Waals surface area contributed by atoms with Gasteiger partial charge >= 0.3 is 0 Å². The number of carbonyl (C=O) groups excluding carboxylic acids is 2. The summed E-state index contributed by atoms with van der Waals surface area (Å²) in [5.41, 5.74) is 1.78. The number of hydrogen-bond donors (Lipinski definition) is 3. The Labute approximate surface area is 184 Å². The number of methoxy groups -OCH3 is 1. The predicted octanol–water partition coefficient (Wildman–Crippen LogP) is 1.91. The molecule has 0 aliphatic heterocycles. The van der Waals surface area contributed by atoms with Crippen LogP contribution in [0.15, 0.2) is 43.2 Å². The summed E-state index contributed by atoms with van der Waals surface area (Å²) in [6, 6.07) is 3.24. The second-order valence-corrected chi connectivity index (χ2v) is 7.12. The zero-order valence-electron chi connectivity index (χ0n) is 17.4. The van der Waals surface area contributed by atoms with Crippen LogP contribution in [-0.4, -0.2) is 57.0 Å². The van der Waals surface area contributed by atoms with E-state index in [1.807, 2.05) is 0 Å². The van der Waals surface area contributed by atoms with Gasteiger partial charge < -0.3 is 20.7 Å². The van der Waals surface area contributed by atoms with E-state index in [9.17, 15) is 9.59 Å². The Morgan fingerprint density at radius 1 is 1.09 bits per heavy atom. The highest BCUT2D eigenvalue weighted by molar-refractivity contribution is 6.09. The van der Waals surface area contributed by atoms with Gasteiger partial charge in [0, 0.05) is 25.8 Å². The lowest BCUT2D eigenvalue weighted by molar-refractivity contribution is 0.0933. The fraction of sp³-hybridized carbons (Fsp3) is 0.286. The third-order valence-electron chi connectivity index (χ3n) is 4.69. The number of pyridine rings is 1. The van der Waals surface area contributed by atoms with E-state index >= 15 is 0 Å². The molecule has 11 heteroatoms. The van der Waals surface area contributed by atoms with Crippen LogP contribution in [0, 0.1) is 0 Å². The van der Waals surface area contributed by atoms with Gasteiger partial charge in [0.1, 0.15) is 6.33 Å². The third kappa shape index (κ3) is 5.19. The van der Waals surface area contributed by atoms with E-state index in [-0.39, 0.29) is 22.9 Å². The van der Waals surface area contributed by atoms with Crippen molar-refractivity contribution in [2.24, 2.45) is 0 Å². The van der Waals surface area contributed by atoms with Crippen molar-refractivity contribution in [3.8, 4) is 0 Å². The van der Waals surface area contributed by atoms with E-state index < -0.39 is 11.8 Å². The Balaban J connectivity index is 1.59. The van der Waals surface area contributed by atoms with Crippen molar-refractivity contribution < 1.29 is 14.3 Å². The Bertz CT molecular complexity index is 1110. The standard InChI is InChI=1S/C21H22N8O3/c1-32-8-7-25-20(30)17-15(3-2-6-24-17)29-21(31)18-19(27-14-9-22-12-23-10-14)26-11-16(28-18)13-4-5-13/h2-3,6,9-13H,4-5,7-8H2,1H3,(H,25,30)(H,26,27)(H,29,31). The average molecular weight is 434 g/mol. The van der Waals surface area contributed by atoms with Gasteiger partial charge in [-0.3, -0.25) is 9.59 Å². The lowest BCUT2D eigenvalue weighted by Gasteiger charge is -2.13. The normalized spacial score (nSPS) is 12.8. The van der Waals surface area contributed by atoms with Gasteiger partial charge in [-0.15, -0.1) is 0 Å². The molecule has 1 aliphatic carbocycles. The molecule has 3 aromatic rings. The van der Waals surface area contributed by atoms with Crippen LogP contribution in [0.5, 0.6) is 0 Å². The van der Waals surface area contributed by atoms with Gasteiger partial charge in [-0.2, -0.15) is 0 Å². The Morgan fingerprint density at radius 3 is 2.66 bits per heavy atom. The first-order valence-corrected chi connectivity index (χ1v) is 10.1. The van der Waals surface area contributed by atoms with Crippen molar-refractivity contribution in [2.75, 3.05) is 30.9 Å². The minimum atomic E-state index is -0.515. The monoisotopic (exact) mass is 434 g/mol. The Kier molecular flexibility index (Phi) is 6.56. The summed E-state index contributed by atoms with van der Waals surface area (Å²) in [6.45, 7) is 0.684. The second-order valence-electron chi connectivity index (χ2n) is 7.12. The quantitative estimate of drug-likeness (QED) is 0.430. The number of hydrogen-bond acceptors (Lipinski definition) is 9. The lowest BCUT2D eigenvalue weighted by Crippen LogP contribution is -2.29. The highest BCUT2D eigenvalue weighted by atomic mass is 16.5. The summed E-state index contributed by atoms with van der Waals surface area (Å²) in [6.07, 6.45) is 9.72. The molecule has 4 rings (SSSR count). The summed E-state index contributed by atoms with van der Waals surface area (Å²) >= 11 is 0. The molecular weight excluding hydrogens is 412 g/mol. The van der Waals surface area contributed by atoms with Crippen molar-refractivity contribution in [3.05, 3.63) is 60.3 Å². The number of amides is 2. The number of aromatic nitrogens is 5. The van der Waals surface area contributed by atoms with Gasteiger partial charge in [-0.1, -0.05) is 0 Å². The number of anilines is 3. The van der Waals surface area contributed by atoms with Gasteiger partial charge in [0.25, 0.3) is 11.8 Å². The van der Waals surface area contributed by atoms with Crippen LogP contribution in [0.25, 0.3) is 0 Å². The number of nitrogens with zero attached hydrogens (tertiary/aromatic N) is 5. The van der Waals surface area contributed by atoms with E-state index in [4.69, 9.17) is 4.74 Å². The minimum Gasteiger partial charge on any atom is -0.383 e. The van der Waals surface area contributed by atoms with Crippen molar-refractivity contribution in [1.82, 2.24) is 30.2 Å². The molecule has 0 aromatic carbocycles. The first-order valence-electron chi connectivity index (χ1n) is 10.1. The molecule has 0 bridgehead atoms. The van der Waals surface area contributed by atoms with Crippen LogP contribution in [0.4, 0.5) is 17.2 Å². The summed E-state index contributed by atoms with van der Waals surface area (Å²) in [7, 11) is 1.54. The van der Waals surface area contributed by atoms with Crippen molar-refractivity contribution >= 4 is 29.0 Å². The molecule has 0 saturated heterocycles. The predicted molar refractivity (Wildman–Crippen MR) is 116 cm³/mol. The Hall–Kier alpha value is -3.99. The van der Waals surface area contributed by atoms with Crippen LogP contribution in [0.2, 0.25) is 0 Å². The average Bonchev–Trinajstić information content (AvgIpc) is 3.66. The van der Waals surface area contributed by atoms with Crippen LogP contribution in [0.1, 0.15) is 45.4 Å². The van der Waals surface area contributed by atoms with Gasteiger partial charge in [0.05, 0.1) is 42.3 Å². The molecule has 32 heavy (non-hydrogen) atoms. The van der Waals surface area contributed by atoms with Gasteiger partial charge in [0.15, 0.2) is 17.2 Å². The number of ether oxygens (including phenoxy) is 1. The summed E-state index contributed by atoms with van der Waals surface area (Å²) < 4.78 is 4.94. The Morgan fingerprint density at radius 2 is 1.91 bits per heavy atom. The zero-order chi connectivity index (χ0) is 22.3. The van der Waals surface area contributed by atoms with Crippen LogP contribution in [-0.2, 0) is 4.74 Å². The SMILES string of the molecule is COCCNC(=O)c1ncccc1NC(=O)c1nc(C2CC2)cnc1Nc1cncnc1. The molecular formula is C21H22N8O3. The molecule has 0 unspecified atom stereocenters. The van der Waals surface area contributed by atoms with Crippen LogP contribution >= 0.6 is 0 Å². The summed E-state index contributed by atoms with van der Waals surface area (Å²) in [5.74, 6) is -0.366. The van der Waals surface area contributed by atoms with Gasteiger partial charge in [-0.25, -0.2) is 24.9 Å². The highest BCUT2D eigenvalue weighted by Crippen LogP contribution is 2.39. The molecule has 3 aromatic heterocycles. The molecule has 1 saturated carbocycles.